The van der Waals surface area contributed by atoms with Crippen LogP contribution >= 0.6 is 58.0 Å². The van der Waals surface area contributed by atoms with Crippen LogP contribution in [0.1, 0.15) is 10.4 Å². The molecule has 0 spiro atoms. The quantitative estimate of drug-likeness (QED) is 0.441. The Bertz CT molecular complexity index is 374. The number of hydrogen-bond donors (Lipinski definition) is 0. The molecule has 0 unspecified atom stereocenters. The predicted molar refractivity (Wildman–Crippen MR) is 61.3 cm³/mol. The Labute approximate surface area is 106 Å². The summed E-state index contributed by atoms with van der Waals surface area (Å²) in [5, 5.41) is 0.598. The summed E-state index contributed by atoms with van der Waals surface area (Å²) >= 11 is 28.0. The van der Waals surface area contributed by atoms with Gasteiger partial charge in [0.05, 0.1) is 10.0 Å². The third-order valence-electron chi connectivity index (χ3n) is 1.46. The second kappa shape index (κ2) is 4.91. The summed E-state index contributed by atoms with van der Waals surface area (Å²) in [5.74, 6) is -0.525. The zero-order valence-corrected chi connectivity index (χ0v) is 10.3. The van der Waals surface area contributed by atoms with Crippen LogP contribution in [0.25, 0.3) is 0 Å². The molecule has 1 nitrogen and oxygen atoms in total. The molecule has 0 atom stereocenters. The van der Waals surface area contributed by atoms with E-state index in [1.54, 1.807) is 0 Å². The lowest BCUT2D eigenvalue weighted by atomic mass is 10.1. The maximum Gasteiger partial charge on any atom is 0.197 e. The molecule has 0 aliphatic heterocycles. The Morgan fingerprint density at radius 3 is 2.21 bits per heavy atom. The van der Waals surface area contributed by atoms with Gasteiger partial charge in [-0.3, -0.25) is 4.79 Å². The summed E-state index contributed by atoms with van der Waals surface area (Å²) in [4.78, 5) is 10.2. The first-order chi connectivity index (χ1) is 6.43. The van der Waals surface area contributed by atoms with E-state index in [0.29, 0.717) is 5.02 Å². The number of hydrogen-bond acceptors (Lipinski definition) is 1. The van der Waals surface area contributed by atoms with Gasteiger partial charge in [-0.2, -0.15) is 0 Å². The first kappa shape index (κ1) is 12.4. The Kier molecular flexibility index (Phi) is 4.35. The van der Waals surface area contributed by atoms with Crippen LogP contribution in [0.3, 0.4) is 0 Å². The van der Waals surface area contributed by atoms with Crippen molar-refractivity contribution >= 4 is 63.8 Å². The maximum atomic E-state index is 11.4. The van der Waals surface area contributed by atoms with Crippen LogP contribution in [0.15, 0.2) is 12.1 Å². The van der Waals surface area contributed by atoms with Crippen molar-refractivity contribution in [1.29, 1.82) is 0 Å². The normalized spacial score (nSPS) is 10.7. The van der Waals surface area contributed by atoms with Crippen LogP contribution in [0.4, 0.5) is 0 Å². The second-order valence-electron chi connectivity index (χ2n) is 2.41. The van der Waals surface area contributed by atoms with Gasteiger partial charge in [0.1, 0.15) is 0 Å². The van der Waals surface area contributed by atoms with Crippen molar-refractivity contribution in [2.75, 3.05) is 0 Å². The average molecular weight is 292 g/mol. The minimum absolute atomic E-state index is 0.104. The molecular weight excluding hydrogens is 289 g/mol. The molecule has 1 aromatic rings. The number of Topliss-reactive ketones (excluding diaryl/α,β-unsaturated/α-hetero) is 1. The van der Waals surface area contributed by atoms with E-state index in [1.807, 2.05) is 0 Å². The van der Waals surface area contributed by atoms with E-state index in [9.17, 15) is 4.79 Å². The predicted octanol–water partition coefficient (Wildman–Crippen LogP) is 4.63. The number of benzene rings is 1. The van der Waals surface area contributed by atoms with Gasteiger partial charge < -0.3 is 0 Å². The smallest absolute Gasteiger partial charge is 0.197 e. The van der Waals surface area contributed by atoms with Crippen LogP contribution in [-0.2, 0) is 0 Å². The van der Waals surface area contributed by atoms with Gasteiger partial charge in [0.25, 0.3) is 0 Å². The van der Waals surface area contributed by atoms with E-state index in [-0.39, 0.29) is 15.6 Å². The fourth-order valence-electron chi connectivity index (χ4n) is 0.853. The summed E-state index contributed by atoms with van der Waals surface area (Å²) in [6.07, 6.45) is 0. The summed E-state index contributed by atoms with van der Waals surface area (Å²) in [6.45, 7) is 0. The highest BCUT2D eigenvalue weighted by Gasteiger charge is 2.19. The van der Waals surface area contributed by atoms with E-state index >= 15 is 0 Å². The zero-order valence-electron chi connectivity index (χ0n) is 6.53. The number of rotatable bonds is 2. The molecule has 0 bridgehead atoms. The highest BCUT2D eigenvalue weighted by Crippen LogP contribution is 2.31. The third kappa shape index (κ3) is 2.68. The summed E-state index contributed by atoms with van der Waals surface area (Å²) in [7, 11) is 0. The lowest BCUT2D eigenvalue weighted by molar-refractivity contribution is 0.101. The Balaban J connectivity index is 3.27. The van der Waals surface area contributed by atoms with Crippen LogP contribution in [0, 0.1) is 0 Å². The SMILES string of the molecule is O=C(c1cc(Cl)cc(Cl)c1Cl)C(Cl)Cl. The molecule has 0 amide bonds. The lowest BCUT2D eigenvalue weighted by Crippen LogP contribution is -2.08. The number of ketones is 1. The molecule has 0 aliphatic rings. The highest BCUT2D eigenvalue weighted by molar-refractivity contribution is 6.56. The molecule has 0 saturated heterocycles. The molecule has 0 saturated carbocycles. The van der Waals surface area contributed by atoms with Gasteiger partial charge in [-0.25, -0.2) is 0 Å². The van der Waals surface area contributed by atoms with Crippen LogP contribution in [-0.4, -0.2) is 10.6 Å². The molecule has 0 fully saturated rings. The molecule has 76 valence electrons. The molecule has 0 radical (unpaired) electrons. The van der Waals surface area contributed by atoms with E-state index in [4.69, 9.17) is 58.0 Å². The number of alkyl halides is 2. The van der Waals surface area contributed by atoms with Crippen molar-refractivity contribution in [1.82, 2.24) is 0 Å². The Morgan fingerprint density at radius 1 is 1.14 bits per heavy atom. The molecule has 1 aromatic carbocycles. The maximum absolute atomic E-state index is 11.4. The molecule has 0 aliphatic carbocycles. The number of carbonyl (C=O) groups is 1. The van der Waals surface area contributed by atoms with Gasteiger partial charge in [-0.15, -0.1) is 0 Å². The zero-order chi connectivity index (χ0) is 10.9. The van der Waals surface area contributed by atoms with Crippen molar-refractivity contribution < 1.29 is 4.79 Å². The van der Waals surface area contributed by atoms with Crippen LogP contribution in [0.2, 0.25) is 15.1 Å². The third-order valence-corrected chi connectivity index (χ3v) is 2.87. The van der Waals surface area contributed by atoms with Crippen molar-refractivity contribution in [2.45, 2.75) is 4.84 Å². The largest absolute Gasteiger partial charge is 0.291 e. The van der Waals surface area contributed by atoms with Crippen molar-refractivity contribution in [3.8, 4) is 0 Å². The molecule has 6 heteroatoms. The first-order valence-corrected chi connectivity index (χ1v) is 5.41. The Hall–Kier alpha value is 0.340. The topological polar surface area (TPSA) is 17.1 Å². The van der Waals surface area contributed by atoms with Gasteiger partial charge in [0.2, 0.25) is 0 Å². The van der Waals surface area contributed by atoms with Gasteiger partial charge in [0.15, 0.2) is 10.6 Å². The molecule has 0 heterocycles. The molecular formula is C8H3Cl5O. The molecule has 14 heavy (non-hydrogen) atoms. The van der Waals surface area contributed by atoms with E-state index < -0.39 is 10.6 Å². The monoisotopic (exact) mass is 290 g/mol. The molecule has 0 N–H and O–H groups in total. The van der Waals surface area contributed by atoms with Crippen LogP contribution < -0.4 is 0 Å². The summed E-state index contributed by atoms with van der Waals surface area (Å²) < 4.78 is 0. The number of carbonyl (C=O) groups excluding carboxylic acids is 1. The number of halogens is 5. The second-order valence-corrected chi connectivity index (χ2v) is 4.73. The van der Waals surface area contributed by atoms with Gasteiger partial charge in [-0.1, -0.05) is 58.0 Å². The van der Waals surface area contributed by atoms with E-state index in [0.717, 1.165) is 0 Å². The average Bonchev–Trinajstić information content (AvgIpc) is 2.09. The van der Waals surface area contributed by atoms with Crippen LogP contribution in [0.5, 0.6) is 0 Å². The summed E-state index contributed by atoms with van der Waals surface area (Å²) in [5.41, 5.74) is 0.124. The van der Waals surface area contributed by atoms with E-state index in [1.165, 1.54) is 12.1 Å². The van der Waals surface area contributed by atoms with Crippen molar-refractivity contribution in [3.63, 3.8) is 0 Å². The minimum atomic E-state index is -1.18. The van der Waals surface area contributed by atoms with Gasteiger partial charge in [-0.05, 0) is 12.1 Å². The minimum Gasteiger partial charge on any atom is -0.291 e. The first-order valence-electron chi connectivity index (χ1n) is 3.40. The van der Waals surface area contributed by atoms with Crippen molar-refractivity contribution in [2.24, 2.45) is 0 Å². The lowest BCUT2D eigenvalue weighted by Gasteiger charge is -2.06. The standard InChI is InChI=1S/C8H3Cl5O/c9-3-1-4(7(14)8(12)13)6(11)5(10)2-3/h1-2,8H. The fraction of sp³-hybridized carbons (Fsp3) is 0.125. The fourth-order valence-corrected chi connectivity index (χ4v) is 1.78. The van der Waals surface area contributed by atoms with E-state index in [2.05, 4.69) is 0 Å². The summed E-state index contributed by atoms with van der Waals surface area (Å²) in [6, 6.07) is 2.80. The highest BCUT2D eigenvalue weighted by atomic mass is 35.5. The van der Waals surface area contributed by atoms with Gasteiger partial charge in [0, 0.05) is 10.6 Å². The molecule has 1 rings (SSSR count). The van der Waals surface area contributed by atoms with Crippen molar-refractivity contribution in [3.05, 3.63) is 32.8 Å². The molecule has 0 aromatic heterocycles. The Morgan fingerprint density at radius 2 is 1.71 bits per heavy atom. The van der Waals surface area contributed by atoms with Gasteiger partial charge >= 0.3 is 0 Å².